The van der Waals surface area contributed by atoms with Gasteiger partial charge in [0.2, 0.25) is 5.75 Å². The lowest BCUT2D eigenvalue weighted by molar-refractivity contribution is 0.324. The van der Waals surface area contributed by atoms with E-state index in [-0.39, 0.29) is 0 Å². The van der Waals surface area contributed by atoms with Crippen molar-refractivity contribution in [1.82, 2.24) is 10.2 Å². The Bertz CT molecular complexity index is 548. The summed E-state index contributed by atoms with van der Waals surface area (Å²) >= 11 is 5.72. The van der Waals surface area contributed by atoms with Gasteiger partial charge in [-0.15, -0.1) is 10.2 Å². The Morgan fingerprint density at radius 1 is 0.895 bits per heavy atom. The minimum Gasteiger partial charge on any atom is -0.493 e. The molecule has 0 spiro atoms. The molecule has 2 aromatic rings. The highest BCUT2D eigenvalue weighted by Crippen LogP contribution is 2.40. The van der Waals surface area contributed by atoms with Crippen molar-refractivity contribution < 1.29 is 14.2 Å². The molecule has 0 radical (unpaired) electrons. The van der Waals surface area contributed by atoms with Crippen LogP contribution in [0.2, 0.25) is 5.15 Å². The number of halogens is 1. The third-order valence-corrected chi connectivity index (χ3v) is 2.79. The summed E-state index contributed by atoms with van der Waals surface area (Å²) in [7, 11) is 4.69. The van der Waals surface area contributed by atoms with Crippen LogP contribution in [0.4, 0.5) is 0 Å². The molecule has 2 rings (SSSR count). The van der Waals surface area contributed by atoms with Crippen LogP contribution in [0.15, 0.2) is 24.3 Å². The van der Waals surface area contributed by atoms with Crippen molar-refractivity contribution in [3.63, 3.8) is 0 Å². The van der Waals surface area contributed by atoms with E-state index in [2.05, 4.69) is 10.2 Å². The average molecular weight is 281 g/mol. The quantitative estimate of drug-likeness (QED) is 0.862. The molecule has 5 nitrogen and oxygen atoms in total. The van der Waals surface area contributed by atoms with E-state index >= 15 is 0 Å². The van der Waals surface area contributed by atoms with Gasteiger partial charge >= 0.3 is 0 Å². The Kier molecular flexibility index (Phi) is 4.06. The number of rotatable bonds is 4. The van der Waals surface area contributed by atoms with Crippen molar-refractivity contribution >= 4 is 11.6 Å². The molecule has 1 heterocycles. The number of benzene rings is 1. The monoisotopic (exact) mass is 280 g/mol. The Hall–Kier alpha value is -2.01. The van der Waals surface area contributed by atoms with Crippen molar-refractivity contribution in [3.8, 4) is 28.5 Å². The van der Waals surface area contributed by atoms with E-state index in [1.807, 2.05) is 0 Å². The zero-order chi connectivity index (χ0) is 13.8. The molecule has 1 aromatic carbocycles. The van der Waals surface area contributed by atoms with Crippen LogP contribution in [0, 0.1) is 0 Å². The summed E-state index contributed by atoms with van der Waals surface area (Å²) in [6.45, 7) is 0. The fraction of sp³-hybridized carbons (Fsp3) is 0.231. The Morgan fingerprint density at radius 2 is 1.53 bits per heavy atom. The predicted octanol–water partition coefficient (Wildman–Crippen LogP) is 2.82. The molecule has 0 aliphatic carbocycles. The highest BCUT2D eigenvalue weighted by Gasteiger charge is 2.14. The number of ether oxygens (including phenoxy) is 3. The largest absolute Gasteiger partial charge is 0.493 e. The summed E-state index contributed by atoms with van der Waals surface area (Å²) in [6.07, 6.45) is 0. The molecule has 0 N–H and O–H groups in total. The van der Waals surface area contributed by atoms with Crippen LogP contribution >= 0.6 is 11.6 Å². The maximum atomic E-state index is 5.72. The van der Waals surface area contributed by atoms with Crippen molar-refractivity contribution in [3.05, 3.63) is 29.4 Å². The average Bonchev–Trinajstić information content (AvgIpc) is 2.46. The molecule has 100 valence electrons. The van der Waals surface area contributed by atoms with Gasteiger partial charge in [0.1, 0.15) is 0 Å². The van der Waals surface area contributed by atoms with Crippen LogP contribution in [0.5, 0.6) is 17.2 Å². The number of hydrogen-bond donors (Lipinski definition) is 0. The van der Waals surface area contributed by atoms with E-state index < -0.39 is 0 Å². The zero-order valence-corrected chi connectivity index (χ0v) is 11.6. The molecular weight excluding hydrogens is 268 g/mol. The first kappa shape index (κ1) is 13.4. The lowest BCUT2D eigenvalue weighted by Gasteiger charge is -2.13. The van der Waals surface area contributed by atoms with E-state index in [9.17, 15) is 0 Å². The van der Waals surface area contributed by atoms with Crippen LogP contribution < -0.4 is 14.2 Å². The second-order valence-electron chi connectivity index (χ2n) is 3.66. The van der Waals surface area contributed by atoms with Crippen molar-refractivity contribution in [2.75, 3.05) is 21.3 Å². The van der Waals surface area contributed by atoms with Gasteiger partial charge in [-0.3, -0.25) is 0 Å². The van der Waals surface area contributed by atoms with Crippen LogP contribution in [-0.4, -0.2) is 31.5 Å². The van der Waals surface area contributed by atoms with Gasteiger partial charge in [-0.05, 0) is 24.3 Å². The Morgan fingerprint density at radius 3 is 1.95 bits per heavy atom. The van der Waals surface area contributed by atoms with E-state index in [0.717, 1.165) is 5.56 Å². The molecular formula is C13H13ClN2O3. The summed E-state index contributed by atoms with van der Waals surface area (Å²) in [5.74, 6) is 1.66. The van der Waals surface area contributed by atoms with Crippen LogP contribution in [0.1, 0.15) is 0 Å². The van der Waals surface area contributed by atoms with Gasteiger partial charge in [0.05, 0.1) is 27.0 Å². The van der Waals surface area contributed by atoms with Gasteiger partial charge in [-0.1, -0.05) is 11.6 Å². The topological polar surface area (TPSA) is 53.5 Å². The molecule has 19 heavy (non-hydrogen) atoms. The van der Waals surface area contributed by atoms with E-state index in [1.54, 1.807) is 45.6 Å². The number of aromatic nitrogens is 2. The minimum absolute atomic E-state index is 0.344. The van der Waals surface area contributed by atoms with Crippen molar-refractivity contribution in [1.29, 1.82) is 0 Å². The fourth-order valence-corrected chi connectivity index (χ4v) is 1.80. The molecule has 0 saturated carbocycles. The first-order chi connectivity index (χ1) is 9.19. The lowest BCUT2D eigenvalue weighted by Crippen LogP contribution is -1.96. The molecule has 0 fully saturated rings. The van der Waals surface area contributed by atoms with Gasteiger partial charge < -0.3 is 14.2 Å². The number of hydrogen-bond acceptors (Lipinski definition) is 5. The lowest BCUT2D eigenvalue weighted by atomic mass is 10.1. The maximum Gasteiger partial charge on any atom is 0.203 e. The standard InChI is InChI=1S/C13H13ClN2O3/c1-17-10-6-8(7-11(18-2)13(10)19-3)9-4-5-12(14)16-15-9/h4-7H,1-3H3. The molecule has 0 amide bonds. The minimum atomic E-state index is 0.344. The van der Waals surface area contributed by atoms with Gasteiger partial charge in [-0.2, -0.15) is 0 Å². The summed E-state index contributed by atoms with van der Waals surface area (Å²) in [6, 6.07) is 7.06. The molecule has 0 saturated heterocycles. The predicted molar refractivity (Wildman–Crippen MR) is 72.1 cm³/mol. The highest BCUT2D eigenvalue weighted by molar-refractivity contribution is 6.29. The SMILES string of the molecule is COc1cc(-c2ccc(Cl)nn2)cc(OC)c1OC. The summed E-state index contributed by atoms with van der Waals surface area (Å²) in [5.41, 5.74) is 1.47. The summed E-state index contributed by atoms with van der Waals surface area (Å²) < 4.78 is 15.8. The molecule has 0 atom stereocenters. The fourth-order valence-electron chi connectivity index (χ4n) is 1.70. The summed E-state index contributed by atoms with van der Waals surface area (Å²) in [5, 5.41) is 8.18. The third-order valence-electron chi connectivity index (χ3n) is 2.59. The summed E-state index contributed by atoms with van der Waals surface area (Å²) in [4.78, 5) is 0. The first-order valence-electron chi connectivity index (χ1n) is 5.49. The molecule has 1 aromatic heterocycles. The second kappa shape index (κ2) is 5.75. The molecule has 0 aliphatic heterocycles. The smallest absolute Gasteiger partial charge is 0.203 e. The number of methoxy groups -OCH3 is 3. The van der Waals surface area contributed by atoms with Crippen LogP contribution in [0.3, 0.4) is 0 Å². The van der Waals surface area contributed by atoms with Gasteiger partial charge in [0, 0.05) is 5.56 Å². The van der Waals surface area contributed by atoms with Gasteiger partial charge in [0.25, 0.3) is 0 Å². The zero-order valence-electron chi connectivity index (χ0n) is 10.8. The molecule has 6 heteroatoms. The van der Waals surface area contributed by atoms with Crippen LogP contribution in [-0.2, 0) is 0 Å². The second-order valence-corrected chi connectivity index (χ2v) is 4.04. The maximum absolute atomic E-state index is 5.72. The first-order valence-corrected chi connectivity index (χ1v) is 5.87. The Labute approximate surface area is 116 Å². The third kappa shape index (κ3) is 2.71. The number of nitrogens with zero attached hydrogens (tertiary/aromatic N) is 2. The highest BCUT2D eigenvalue weighted by atomic mass is 35.5. The van der Waals surface area contributed by atoms with Crippen molar-refractivity contribution in [2.24, 2.45) is 0 Å². The van der Waals surface area contributed by atoms with Crippen LogP contribution in [0.25, 0.3) is 11.3 Å². The molecule has 0 bridgehead atoms. The molecule has 0 aliphatic rings. The van der Waals surface area contributed by atoms with E-state index in [1.165, 1.54) is 0 Å². The van der Waals surface area contributed by atoms with E-state index in [0.29, 0.717) is 28.1 Å². The Balaban J connectivity index is 2.55. The van der Waals surface area contributed by atoms with Gasteiger partial charge in [-0.25, -0.2) is 0 Å². The van der Waals surface area contributed by atoms with Crippen molar-refractivity contribution in [2.45, 2.75) is 0 Å². The molecule has 0 unspecified atom stereocenters. The van der Waals surface area contributed by atoms with Gasteiger partial charge in [0.15, 0.2) is 16.7 Å². The van der Waals surface area contributed by atoms with E-state index in [4.69, 9.17) is 25.8 Å². The normalized spacial score (nSPS) is 10.1.